The van der Waals surface area contributed by atoms with Gasteiger partial charge in [-0.2, -0.15) is 0 Å². The number of rotatable bonds is 7. The first-order chi connectivity index (χ1) is 13.1. The van der Waals surface area contributed by atoms with Gasteiger partial charge < -0.3 is 23.8 Å². The van der Waals surface area contributed by atoms with Crippen molar-refractivity contribution >= 4 is 5.91 Å². The standard InChI is InChI=1S/C20H24N2O5/c1-24-8-9-27-19-5-4-14-13-22(7-6-18(14)21-19)20(23)15-10-16(25-2)12-17(11-15)26-3/h4-5,10-12H,6-9,13H2,1-3H3. The molecule has 27 heavy (non-hydrogen) atoms. The predicted octanol–water partition coefficient (Wildman–Crippen LogP) is 2.32. The largest absolute Gasteiger partial charge is 0.497 e. The minimum absolute atomic E-state index is 0.0572. The van der Waals surface area contributed by atoms with Crippen molar-refractivity contribution in [3.05, 3.63) is 47.2 Å². The third-order valence-electron chi connectivity index (χ3n) is 4.45. The number of benzene rings is 1. The van der Waals surface area contributed by atoms with Crippen LogP contribution in [0.4, 0.5) is 0 Å². The van der Waals surface area contributed by atoms with Crippen LogP contribution in [0.15, 0.2) is 30.3 Å². The van der Waals surface area contributed by atoms with Gasteiger partial charge in [-0.1, -0.05) is 6.07 Å². The fourth-order valence-electron chi connectivity index (χ4n) is 2.99. The summed E-state index contributed by atoms with van der Waals surface area (Å²) in [5.74, 6) is 1.71. The van der Waals surface area contributed by atoms with E-state index >= 15 is 0 Å². The zero-order valence-electron chi connectivity index (χ0n) is 15.9. The first-order valence-corrected chi connectivity index (χ1v) is 8.77. The van der Waals surface area contributed by atoms with Crippen LogP contribution >= 0.6 is 0 Å². The summed E-state index contributed by atoms with van der Waals surface area (Å²) < 4.78 is 21.1. The van der Waals surface area contributed by atoms with E-state index in [0.717, 1.165) is 11.3 Å². The van der Waals surface area contributed by atoms with E-state index < -0.39 is 0 Å². The highest BCUT2D eigenvalue weighted by Gasteiger charge is 2.24. The van der Waals surface area contributed by atoms with E-state index in [0.29, 0.717) is 55.7 Å². The van der Waals surface area contributed by atoms with Crippen molar-refractivity contribution in [1.29, 1.82) is 0 Å². The lowest BCUT2D eigenvalue weighted by Gasteiger charge is -2.28. The zero-order chi connectivity index (χ0) is 19.2. The van der Waals surface area contributed by atoms with Gasteiger partial charge in [0.25, 0.3) is 5.91 Å². The highest BCUT2D eigenvalue weighted by molar-refractivity contribution is 5.95. The van der Waals surface area contributed by atoms with Gasteiger partial charge in [0.15, 0.2) is 0 Å². The van der Waals surface area contributed by atoms with E-state index in [1.807, 2.05) is 17.0 Å². The van der Waals surface area contributed by atoms with Crippen molar-refractivity contribution in [2.75, 3.05) is 41.1 Å². The van der Waals surface area contributed by atoms with Crippen molar-refractivity contribution in [3.63, 3.8) is 0 Å². The van der Waals surface area contributed by atoms with Crippen LogP contribution in [-0.2, 0) is 17.7 Å². The maximum Gasteiger partial charge on any atom is 0.254 e. The fraction of sp³-hybridized carbons (Fsp3) is 0.400. The second kappa shape index (κ2) is 8.73. The van der Waals surface area contributed by atoms with Crippen molar-refractivity contribution in [2.24, 2.45) is 0 Å². The minimum atomic E-state index is -0.0572. The second-order valence-corrected chi connectivity index (χ2v) is 6.17. The van der Waals surface area contributed by atoms with Crippen LogP contribution in [0.5, 0.6) is 17.4 Å². The van der Waals surface area contributed by atoms with Crippen LogP contribution in [-0.4, -0.2) is 56.9 Å². The summed E-state index contributed by atoms with van der Waals surface area (Å²) in [7, 11) is 4.77. The highest BCUT2D eigenvalue weighted by Crippen LogP contribution is 2.26. The first-order valence-electron chi connectivity index (χ1n) is 8.77. The third-order valence-corrected chi connectivity index (χ3v) is 4.45. The van der Waals surface area contributed by atoms with Gasteiger partial charge in [-0.05, 0) is 17.7 Å². The van der Waals surface area contributed by atoms with Gasteiger partial charge >= 0.3 is 0 Å². The van der Waals surface area contributed by atoms with Gasteiger partial charge in [-0.3, -0.25) is 4.79 Å². The highest BCUT2D eigenvalue weighted by atomic mass is 16.5. The number of amides is 1. The monoisotopic (exact) mass is 372 g/mol. The normalized spacial score (nSPS) is 13.1. The second-order valence-electron chi connectivity index (χ2n) is 6.17. The maximum atomic E-state index is 12.9. The number of methoxy groups -OCH3 is 3. The lowest BCUT2D eigenvalue weighted by atomic mass is 10.0. The molecule has 2 aromatic rings. The number of hydrogen-bond acceptors (Lipinski definition) is 6. The van der Waals surface area contributed by atoms with E-state index in [2.05, 4.69) is 4.98 Å². The van der Waals surface area contributed by atoms with Gasteiger partial charge in [0.2, 0.25) is 5.88 Å². The molecule has 0 N–H and O–H groups in total. The van der Waals surface area contributed by atoms with Crippen molar-refractivity contribution in [3.8, 4) is 17.4 Å². The summed E-state index contributed by atoms with van der Waals surface area (Å²) in [6.07, 6.45) is 0.684. The lowest BCUT2D eigenvalue weighted by molar-refractivity contribution is 0.0732. The van der Waals surface area contributed by atoms with E-state index in [4.69, 9.17) is 18.9 Å². The molecule has 0 saturated carbocycles. The van der Waals surface area contributed by atoms with Crippen LogP contribution in [0.25, 0.3) is 0 Å². The molecule has 1 aliphatic heterocycles. The molecular formula is C20H24N2O5. The van der Waals surface area contributed by atoms with Crippen LogP contribution in [0.2, 0.25) is 0 Å². The molecule has 0 spiro atoms. The molecule has 0 unspecified atom stereocenters. The lowest BCUT2D eigenvalue weighted by Crippen LogP contribution is -2.36. The number of aromatic nitrogens is 1. The predicted molar refractivity (Wildman–Crippen MR) is 99.6 cm³/mol. The Labute approximate surface area is 158 Å². The number of pyridine rings is 1. The molecule has 0 bridgehead atoms. The van der Waals surface area contributed by atoms with Crippen molar-refractivity contribution in [2.45, 2.75) is 13.0 Å². The van der Waals surface area contributed by atoms with E-state index in [1.54, 1.807) is 39.5 Å². The zero-order valence-corrected chi connectivity index (χ0v) is 15.9. The van der Waals surface area contributed by atoms with E-state index in [1.165, 1.54) is 0 Å². The molecule has 1 aromatic carbocycles. The number of ether oxygens (including phenoxy) is 4. The number of hydrogen-bond donors (Lipinski definition) is 0. The summed E-state index contributed by atoms with van der Waals surface area (Å²) in [5, 5.41) is 0. The molecule has 0 radical (unpaired) electrons. The molecule has 0 atom stereocenters. The fourth-order valence-corrected chi connectivity index (χ4v) is 2.99. The van der Waals surface area contributed by atoms with E-state index in [-0.39, 0.29) is 5.91 Å². The Kier molecular flexibility index (Phi) is 6.13. The van der Waals surface area contributed by atoms with Gasteiger partial charge in [-0.15, -0.1) is 0 Å². The summed E-state index contributed by atoms with van der Waals surface area (Å²) >= 11 is 0. The Morgan fingerprint density at radius 3 is 2.48 bits per heavy atom. The van der Waals surface area contributed by atoms with Crippen LogP contribution in [0.1, 0.15) is 21.6 Å². The summed E-state index contributed by atoms with van der Waals surface area (Å²) in [4.78, 5) is 19.3. The Bertz CT molecular complexity index is 787. The molecule has 1 amide bonds. The average Bonchev–Trinajstić information content (AvgIpc) is 2.72. The average molecular weight is 372 g/mol. The first kappa shape index (κ1) is 19.0. The number of nitrogens with zero attached hydrogens (tertiary/aromatic N) is 2. The summed E-state index contributed by atoms with van der Waals surface area (Å²) in [6.45, 7) is 2.09. The Hall–Kier alpha value is -2.80. The maximum absolute atomic E-state index is 12.9. The minimum Gasteiger partial charge on any atom is -0.497 e. The molecule has 1 aromatic heterocycles. The molecule has 0 saturated heterocycles. The number of carbonyl (C=O) groups excluding carboxylic acids is 1. The van der Waals surface area contributed by atoms with Crippen LogP contribution < -0.4 is 14.2 Å². The third kappa shape index (κ3) is 4.49. The summed E-state index contributed by atoms with van der Waals surface area (Å²) in [6, 6.07) is 9.00. The van der Waals surface area contributed by atoms with Gasteiger partial charge in [0, 0.05) is 44.3 Å². The number of fused-ring (bicyclic) bond motifs is 1. The van der Waals surface area contributed by atoms with Crippen molar-refractivity contribution in [1.82, 2.24) is 9.88 Å². The molecule has 144 valence electrons. The molecule has 0 aliphatic carbocycles. The molecule has 7 nitrogen and oxygen atoms in total. The van der Waals surface area contributed by atoms with Crippen molar-refractivity contribution < 1.29 is 23.7 Å². The van der Waals surface area contributed by atoms with Crippen LogP contribution in [0, 0.1) is 0 Å². The quantitative estimate of drug-likeness (QED) is 0.695. The SMILES string of the molecule is COCCOc1ccc2c(n1)CCN(C(=O)c1cc(OC)cc(OC)c1)C2. The smallest absolute Gasteiger partial charge is 0.254 e. The Morgan fingerprint density at radius 2 is 1.81 bits per heavy atom. The van der Waals surface area contributed by atoms with Gasteiger partial charge in [0.05, 0.1) is 26.5 Å². The molecular weight excluding hydrogens is 348 g/mol. The molecule has 0 fully saturated rings. The van der Waals surface area contributed by atoms with Crippen LogP contribution in [0.3, 0.4) is 0 Å². The Balaban J connectivity index is 1.73. The molecule has 3 rings (SSSR count). The molecule has 1 aliphatic rings. The Morgan fingerprint density at radius 1 is 1.07 bits per heavy atom. The number of carbonyl (C=O) groups is 1. The van der Waals surface area contributed by atoms with E-state index in [9.17, 15) is 4.79 Å². The molecule has 2 heterocycles. The molecule has 7 heteroatoms. The summed E-state index contributed by atoms with van der Waals surface area (Å²) in [5.41, 5.74) is 2.54. The van der Waals surface area contributed by atoms with Gasteiger partial charge in [-0.25, -0.2) is 4.98 Å². The van der Waals surface area contributed by atoms with Gasteiger partial charge in [0.1, 0.15) is 18.1 Å². The topological polar surface area (TPSA) is 70.1 Å².